The SMILES string of the molecule is [N-]=[N+]=Nc1cccc(Oc2cccc(N=[N+]=[N-])c2N=[N+]=[N-])c1N=[N+]=[N-]. The molecule has 0 heterocycles. The molecule has 0 fully saturated rings. The molecule has 25 heavy (non-hydrogen) atoms. The van der Waals surface area contributed by atoms with Gasteiger partial charge in [0, 0.05) is 19.6 Å². The molecular weight excluding hydrogens is 328 g/mol. The lowest BCUT2D eigenvalue weighted by Crippen LogP contribution is -1.86. The maximum atomic E-state index is 8.70. The van der Waals surface area contributed by atoms with Crippen molar-refractivity contribution in [2.75, 3.05) is 0 Å². The number of benzene rings is 2. The summed E-state index contributed by atoms with van der Waals surface area (Å²) in [5.41, 5.74) is 34.6. The van der Waals surface area contributed by atoms with Crippen molar-refractivity contribution in [3.05, 3.63) is 78.2 Å². The topological polar surface area (TPSA) is 204 Å². The molecule has 0 atom stereocenters. The maximum Gasteiger partial charge on any atom is 0.137 e. The summed E-state index contributed by atoms with van der Waals surface area (Å²) in [6, 6.07) is 8.81. The summed E-state index contributed by atoms with van der Waals surface area (Å²) in [5, 5.41) is 13.8. The van der Waals surface area contributed by atoms with Gasteiger partial charge in [-0.1, -0.05) is 44.7 Å². The Morgan fingerprint density at radius 2 is 1.00 bits per heavy atom. The lowest BCUT2D eigenvalue weighted by molar-refractivity contribution is 0.485. The highest BCUT2D eigenvalue weighted by Crippen LogP contribution is 2.44. The molecule has 13 heteroatoms. The molecule has 0 unspecified atom stereocenters. The van der Waals surface area contributed by atoms with E-state index in [4.69, 9.17) is 26.9 Å². The summed E-state index contributed by atoms with van der Waals surface area (Å²) in [6.07, 6.45) is 0. The van der Waals surface area contributed by atoms with Gasteiger partial charge in [0.05, 0.1) is 22.7 Å². The summed E-state index contributed by atoms with van der Waals surface area (Å²) < 4.78 is 5.62. The van der Waals surface area contributed by atoms with Crippen LogP contribution in [0.4, 0.5) is 22.7 Å². The van der Waals surface area contributed by atoms with Crippen molar-refractivity contribution in [2.24, 2.45) is 20.5 Å². The smallest absolute Gasteiger partial charge is 0.137 e. The molecule has 2 aromatic carbocycles. The first-order valence-electron chi connectivity index (χ1n) is 6.39. The quantitative estimate of drug-likeness (QED) is 0.298. The molecule has 0 spiro atoms. The van der Waals surface area contributed by atoms with Gasteiger partial charge in [-0.25, -0.2) is 0 Å². The van der Waals surface area contributed by atoms with E-state index in [2.05, 4.69) is 40.1 Å². The zero-order valence-electron chi connectivity index (χ0n) is 12.2. The highest BCUT2D eigenvalue weighted by Gasteiger charge is 2.12. The molecule has 0 aliphatic carbocycles. The average Bonchev–Trinajstić information content (AvgIpc) is 2.61. The number of hydrogen-bond acceptors (Lipinski definition) is 5. The molecule has 2 rings (SSSR count). The molecule has 0 aromatic heterocycles. The van der Waals surface area contributed by atoms with E-state index in [9.17, 15) is 0 Å². The minimum atomic E-state index is -0.0520. The van der Waals surface area contributed by atoms with Gasteiger partial charge in [0.25, 0.3) is 0 Å². The number of ether oxygens (including phenoxy) is 1. The van der Waals surface area contributed by atoms with E-state index in [1.807, 2.05) is 0 Å². The first-order chi connectivity index (χ1) is 12.2. The highest BCUT2D eigenvalue weighted by molar-refractivity contribution is 5.73. The third-order valence-electron chi connectivity index (χ3n) is 2.77. The number of nitrogens with zero attached hydrogens (tertiary/aromatic N) is 12. The zero-order valence-corrected chi connectivity index (χ0v) is 12.2. The summed E-state index contributed by atoms with van der Waals surface area (Å²) in [5.74, 6) is 0.102. The molecule has 0 amide bonds. The predicted molar refractivity (Wildman–Crippen MR) is 88.2 cm³/mol. The molecule has 0 aliphatic rings. The highest BCUT2D eigenvalue weighted by atomic mass is 16.5. The molecular formula is C12H6N12O. The molecule has 120 valence electrons. The Kier molecular flexibility index (Phi) is 5.53. The third kappa shape index (κ3) is 3.82. The van der Waals surface area contributed by atoms with Gasteiger partial charge >= 0.3 is 0 Å². The van der Waals surface area contributed by atoms with Crippen LogP contribution in [0.25, 0.3) is 41.8 Å². The van der Waals surface area contributed by atoms with Crippen molar-refractivity contribution in [3.8, 4) is 11.5 Å². The molecule has 0 saturated heterocycles. The van der Waals surface area contributed by atoms with Gasteiger partial charge in [0.15, 0.2) is 0 Å². The van der Waals surface area contributed by atoms with Crippen molar-refractivity contribution in [3.63, 3.8) is 0 Å². The van der Waals surface area contributed by atoms with Crippen LogP contribution in [0, 0.1) is 0 Å². The second-order valence-electron chi connectivity index (χ2n) is 4.11. The van der Waals surface area contributed by atoms with Gasteiger partial charge in [0.2, 0.25) is 0 Å². The Balaban J connectivity index is 2.64. The molecule has 0 saturated carbocycles. The van der Waals surface area contributed by atoms with Crippen LogP contribution in [-0.2, 0) is 0 Å². The Labute approximate surface area is 138 Å². The monoisotopic (exact) mass is 334 g/mol. The van der Waals surface area contributed by atoms with Crippen molar-refractivity contribution in [1.29, 1.82) is 0 Å². The Bertz CT molecular complexity index is 923. The van der Waals surface area contributed by atoms with Gasteiger partial charge in [-0.3, -0.25) is 0 Å². The van der Waals surface area contributed by atoms with E-state index < -0.39 is 0 Å². The van der Waals surface area contributed by atoms with E-state index in [-0.39, 0.29) is 34.2 Å². The van der Waals surface area contributed by atoms with Crippen LogP contribution in [0.5, 0.6) is 11.5 Å². The normalized spacial score (nSPS) is 8.80. The number of hydrogen-bond donors (Lipinski definition) is 0. The standard InChI is InChI=1S/C12H6N12O/c13-21-17-7-3-1-5-9(11(7)19-23-15)25-10-6-2-4-8(18-22-14)12(10)20-24-16/h1-6H. The Hall–Kier alpha value is -4.52. The van der Waals surface area contributed by atoms with E-state index in [0.717, 1.165) is 0 Å². The minimum Gasteiger partial charge on any atom is -0.456 e. The van der Waals surface area contributed by atoms with Crippen LogP contribution in [0.2, 0.25) is 0 Å². The fourth-order valence-corrected chi connectivity index (χ4v) is 1.85. The number of rotatable bonds is 6. The van der Waals surface area contributed by atoms with Crippen molar-refractivity contribution >= 4 is 22.7 Å². The van der Waals surface area contributed by atoms with Crippen LogP contribution in [-0.4, -0.2) is 0 Å². The van der Waals surface area contributed by atoms with Gasteiger partial charge in [-0.05, 0) is 34.3 Å². The zero-order chi connectivity index (χ0) is 18.1. The Morgan fingerprint density at radius 3 is 1.36 bits per heavy atom. The second-order valence-corrected chi connectivity index (χ2v) is 4.11. The van der Waals surface area contributed by atoms with E-state index in [1.54, 1.807) is 0 Å². The third-order valence-corrected chi connectivity index (χ3v) is 2.77. The fourth-order valence-electron chi connectivity index (χ4n) is 1.85. The molecule has 13 nitrogen and oxygen atoms in total. The molecule has 0 bridgehead atoms. The van der Waals surface area contributed by atoms with Gasteiger partial charge < -0.3 is 4.74 Å². The lowest BCUT2D eigenvalue weighted by Gasteiger charge is -2.12. The van der Waals surface area contributed by atoms with Crippen LogP contribution in [0.15, 0.2) is 56.9 Å². The van der Waals surface area contributed by atoms with E-state index in [1.165, 1.54) is 36.4 Å². The minimum absolute atomic E-state index is 0.0503. The van der Waals surface area contributed by atoms with Gasteiger partial charge in [-0.2, -0.15) is 0 Å². The van der Waals surface area contributed by atoms with Gasteiger partial charge in [-0.15, -0.1) is 0 Å². The number of azide groups is 4. The summed E-state index contributed by atoms with van der Waals surface area (Å²) >= 11 is 0. The molecule has 0 radical (unpaired) electrons. The van der Waals surface area contributed by atoms with Gasteiger partial charge in [0.1, 0.15) is 11.5 Å². The van der Waals surface area contributed by atoms with Crippen molar-refractivity contribution in [1.82, 2.24) is 0 Å². The summed E-state index contributed by atoms with van der Waals surface area (Å²) in [6.45, 7) is 0. The largest absolute Gasteiger partial charge is 0.456 e. The van der Waals surface area contributed by atoms with E-state index in [0.29, 0.717) is 0 Å². The lowest BCUT2D eigenvalue weighted by atomic mass is 10.2. The predicted octanol–water partition coefficient (Wildman–Crippen LogP) is 7.25. The molecule has 0 N–H and O–H groups in total. The molecule has 2 aromatic rings. The average molecular weight is 334 g/mol. The van der Waals surface area contributed by atoms with Crippen molar-refractivity contribution < 1.29 is 4.74 Å². The van der Waals surface area contributed by atoms with Crippen LogP contribution >= 0.6 is 0 Å². The maximum absolute atomic E-state index is 8.70. The summed E-state index contributed by atoms with van der Waals surface area (Å²) in [4.78, 5) is 10.6. The first-order valence-corrected chi connectivity index (χ1v) is 6.39. The summed E-state index contributed by atoms with van der Waals surface area (Å²) in [7, 11) is 0. The second kappa shape index (κ2) is 8.20. The first kappa shape index (κ1) is 16.8. The van der Waals surface area contributed by atoms with Crippen LogP contribution in [0.3, 0.4) is 0 Å². The van der Waals surface area contributed by atoms with E-state index >= 15 is 0 Å². The molecule has 0 aliphatic heterocycles. The van der Waals surface area contributed by atoms with Crippen molar-refractivity contribution in [2.45, 2.75) is 0 Å². The fraction of sp³-hybridized carbons (Fsp3) is 0. The van der Waals surface area contributed by atoms with Crippen LogP contribution in [0.1, 0.15) is 0 Å². The Morgan fingerprint density at radius 1 is 0.600 bits per heavy atom. The van der Waals surface area contributed by atoms with Crippen LogP contribution < -0.4 is 4.74 Å².